The summed E-state index contributed by atoms with van der Waals surface area (Å²) < 4.78 is 13.1. The van der Waals surface area contributed by atoms with Gasteiger partial charge in [0, 0.05) is 29.5 Å². The molecule has 0 atom stereocenters. The van der Waals surface area contributed by atoms with Crippen LogP contribution < -0.4 is 4.74 Å². The summed E-state index contributed by atoms with van der Waals surface area (Å²) in [6, 6.07) is 8.70. The molecule has 0 radical (unpaired) electrons. The number of rotatable bonds is 7. The van der Waals surface area contributed by atoms with Gasteiger partial charge in [-0.25, -0.2) is 0 Å². The van der Waals surface area contributed by atoms with Crippen molar-refractivity contribution in [2.24, 2.45) is 0 Å². The first-order chi connectivity index (χ1) is 14.2. The predicted octanol–water partition coefficient (Wildman–Crippen LogP) is 5.25. The number of hydrogen-bond donors (Lipinski definition) is 0. The predicted molar refractivity (Wildman–Crippen MR) is 109 cm³/mol. The lowest BCUT2D eigenvalue weighted by molar-refractivity contribution is -0.384. The summed E-state index contributed by atoms with van der Waals surface area (Å²) in [7, 11) is 1.56. The molecule has 0 aliphatic heterocycles. The molecule has 0 N–H and O–H groups in total. The van der Waals surface area contributed by atoms with Gasteiger partial charge >= 0.3 is 0 Å². The van der Waals surface area contributed by atoms with Crippen LogP contribution in [0.5, 0.6) is 5.75 Å². The minimum atomic E-state index is -0.396. The molecule has 0 amide bonds. The molecular formula is C20H22N4O4S. The van der Waals surface area contributed by atoms with Crippen molar-refractivity contribution in [2.75, 3.05) is 7.11 Å². The number of nitro benzene ring substituents is 1. The van der Waals surface area contributed by atoms with Crippen LogP contribution in [0, 0.1) is 10.1 Å². The van der Waals surface area contributed by atoms with Crippen LogP contribution in [-0.2, 0) is 5.75 Å². The van der Waals surface area contributed by atoms with E-state index >= 15 is 0 Å². The lowest BCUT2D eigenvalue weighted by Gasteiger charge is -2.25. The van der Waals surface area contributed by atoms with Crippen LogP contribution in [0.25, 0.3) is 11.6 Å². The Morgan fingerprint density at radius 3 is 2.79 bits per heavy atom. The number of hydrogen-bond acceptors (Lipinski definition) is 7. The summed E-state index contributed by atoms with van der Waals surface area (Å²) in [6.07, 6.45) is 7.42. The number of nitro groups is 1. The smallest absolute Gasteiger partial charge is 0.270 e. The molecular weight excluding hydrogens is 392 g/mol. The molecule has 0 spiro atoms. The Balaban J connectivity index is 1.64. The average Bonchev–Trinajstić information content (AvgIpc) is 3.42. The molecule has 3 aromatic rings. The van der Waals surface area contributed by atoms with Crippen molar-refractivity contribution in [2.45, 2.75) is 49.1 Å². The Morgan fingerprint density at radius 1 is 1.28 bits per heavy atom. The van der Waals surface area contributed by atoms with Crippen LogP contribution in [0.3, 0.4) is 0 Å². The van der Waals surface area contributed by atoms with Crippen LogP contribution in [-0.4, -0.2) is 26.8 Å². The number of aromatic nitrogens is 3. The Hall–Kier alpha value is -2.81. The highest BCUT2D eigenvalue weighted by atomic mass is 32.2. The molecule has 9 heteroatoms. The highest BCUT2D eigenvalue weighted by Gasteiger charge is 2.25. The number of benzene rings is 1. The second-order valence-corrected chi connectivity index (χ2v) is 7.93. The molecule has 1 fully saturated rings. The first-order valence-electron chi connectivity index (χ1n) is 9.60. The lowest BCUT2D eigenvalue weighted by Crippen LogP contribution is -2.15. The number of furan rings is 1. The van der Waals surface area contributed by atoms with E-state index in [-0.39, 0.29) is 5.69 Å². The fourth-order valence-electron chi connectivity index (χ4n) is 3.75. The van der Waals surface area contributed by atoms with E-state index in [9.17, 15) is 10.1 Å². The van der Waals surface area contributed by atoms with E-state index in [2.05, 4.69) is 14.8 Å². The van der Waals surface area contributed by atoms with Crippen molar-refractivity contribution >= 4 is 17.4 Å². The number of ether oxygens (including phenoxy) is 1. The molecule has 1 aliphatic rings. The lowest BCUT2D eigenvalue weighted by atomic mass is 9.95. The molecule has 0 unspecified atom stereocenters. The van der Waals surface area contributed by atoms with Crippen molar-refractivity contribution in [1.82, 2.24) is 14.8 Å². The van der Waals surface area contributed by atoms with Crippen LogP contribution >= 0.6 is 11.8 Å². The molecule has 1 aromatic carbocycles. The van der Waals surface area contributed by atoms with E-state index in [1.165, 1.54) is 37.1 Å². The van der Waals surface area contributed by atoms with Gasteiger partial charge in [-0.15, -0.1) is 10.2 Å². The van der Waals surface area contributed by atoms with Crippen molar-refractivity contribution in [3.05, 3.63) is 52.3 Å². The summed E-state index contributed by atoms with van der Waals surface area (Å²) in [4.78, 5) is 10.7. The monoisotopic (exact) mass is 414 g/mol. The van der Waals surface area contributed by atoms with E-state index in [4.69, 9.17) is 9.15 Å². The molecule has 1 aliphatic carbocycles. The van der Waals surface area contributed by atoms with E-state index in [0.29, 0.717) is 23.3 Å². The Morgan fingerprint density at radius 2 is 2.10 bits per heavy atom. The van der Waals surface area contributed by atoms with Gasteiger partial charge in [0.2, 0.25) is 5.82 Å². The van der Waals surface area contributed by atoms with Gasteiger partial charge in [-0.1, -0.05) is 31.0 Å². The average molecular weight is 414 g/mol. The summed E-state index contributed by atoms with van der Waals surface area (Å²) in [5.74, 6) is 2.55. The van der Waals surface area contributed by atoms with Gasteiger partial charge in [-0.3, -0.25) is 14.7 Å². The summed E-state index contributed by atoms with van der Waals surface area (Å²) in [5, 5.41) is 20.7. The number of nitrogens with zero attached hydrogens (tertiary/aromatic N) is 4. The van der Waals surface area contributed by atoms with Gasteiger partial charge in [0.25, 0.3) is 5.69 Å². The molecule has 29 heavy (non-hydrogen) atoms. The van der Waals surface area contributed by atoms with Crippen molar-refractivity contribution in [3.8, 4) is 17.3 Å². The molecule has 0 bridgehead atoms. The Labute approximate surface area is 172 Å². The second kappa shape index (κ2) is 8.69. The maximum atomic E-state index is 11.1. The standard InChI is InChI=1S/C20H22N4O4S/c1-27-17-10-9-16(24(25)26)12-14(17)13-29-20-22-21-19(18-8-5-11-28-18)23(20)15-6-3-2-4-7-15/h5,8-12,15H,2-4,6-7,13H2,1H3. The van der Waals surface area contributed by atoms with E-state index in [1.54, 1.807) is 25.5 Å². The van der Waals surface area contributed by atoms with E-state index in [0.717, 1.165) is 29.4 Å². The van der Waals surface area contributed by atoms with E-state index < -0.39 is 4.92 Å². The zero-order chi connectivity index (χ0) is 20.2. The van der Waals surface area contributed by atoms with Gasteiger partial charge in [-0.2, -0.15) is 0 Å². The fraction of sp³-hybridized carbons (Fsp3) is 0.400. The molecule has 2 aromatic heterocycles. The minimum absolute atomic E-state index is 0.0476. The third-order valence-electron chi connectivity index (χ3n) is 5.18. The van der Waals surface area contributed by atoms with Crippen LogP contribution in [0.2, 0.25) is 0 Å². The minimum Gasteiger partial charge on any atom is -0.496 e. The maximum absolute atomic E-state index is 11.1. The van der Waals surface area contributed by atoms with Crippen LogP contribution in [0.15, 0.2) is 46.2 Å². The highest BCUT2D eigenvalue weighted by molar-refractivity contribution is 7.98. The largest absolute Gasteiger partial charge is 0.496 e. The molecule has 152 valence electrons. The van der Waals surface area contributed by atoms with Gasteiger partial charge in [0.05, 0.1) is 18.3 Å². The SMILES string of the molecule is COc1ccc([N+](=O)[O-])cc1CSc1nnc(-c2ccco2)n1C1CCCCC1. The van der Waals surface area contributed by atoms with Crippen molar-refractivity contribution in [3.63, 3.8) is 0 Å². The zero-order valence-corrected chi connectivity index (χ0v) is 16.9. The van der Waals surface area contributed by atoms with Gasteiger partial charge in [-0.05, 0) is 31.0 Å². The molecule has 0 saturated heterocycles. The van der Waals surface area contributed by atoms with Gasteiger partial charge < -0.3 is 9.15 Å². The third kappa shape index (κ3) is 4.14. The third-order valence-corrected chi connectivity index (χ3v) is 6.17. The number of non-ortho nitro benzene ring substituents is 1. The Kier molecular flexibility index (Phi) is 5.84. The highest BCUT2D eigenvalue weighted by Crippen LogP contribution is 2.37. The maximum Gasteiger partial charge on any atom is 0.270 e. The molecule has 4 rings (SSSR count). The summed E-state index contributed by atoms with van der Waals surface area (Å²) >= 11 is 1.51. The first kappa shape index (κ1) is 19.5. The number of thioether (sulfide) groups is 1. The summed E-state index contributed by atoms with van der Waals surface area (Å²) in [6.45, 7) is 0. The fourth-order valence-corrected chi connectivity index (χ4v) is 4.73. The van der Waals surface area contributed by atoms with Crippen molar-refractivity contribution in [1.29, 1.82) is 0 Å². The summed E-state index contributed by atoms with van der Waals surface area (Å²) in [5.41, 5.74) is 0.802. The van der Waals surface area contributed by atoms with Gasteiger partial charge in [0.1, 0.15) is 5.75 Å². The van der Waals surface area contributed by atoms with E-state index in [1.807, 2.05) is 12.1 Å². The quantitative estimate of drug-likeness (QED) is 0.296. The van der Waals surface area contributed by atoms with Gasteiger partial charge in [0.15, 0.2) is 10.9 Å². The molecule has 2 heterocycles. The van der Waals surface area contributed by atoms with Crippen molar-refractivity contribution < 1.29 is 14.1 Å². The Bertz CT molecular complexity index is 981. The van der Waals surface area contributed by atoms with Crippen LogP contribution in [0.4, 0.5) is 5.69 Å². The number of methoxy groups -OCH3 is 1. The molecule has 1 saturated carbocycles. The topological polar surface area (TPSA) is 96.2 Å². The first-order valence-corrected chi connectivity index (χ1v) is 10.6. The zero-order valence-electron chi connectivity index (χ0n) is 16.1. The van der Waals surface area contributed by atoms with Crippen LogP contribution in [0.1, 0.15) is 43.7 Å². The molecule has 8 nitrogen and oxygen atoms in total. The second-order valence-electron chi connectivity index (χ2n) is 6.99. The normalized spacial score (nSPS) is 14.8.